The van der Waals surface area contributed by atoms with Gasteiger partial charge in [-0.3, -0.25) is 0 Å². The zero-order chi connectivity index (χ0) is 15.6. The maximum absolute atomic E-state index is 12.0. The van der Waals surface area contributed by atoms with E-state index < -0.39 is 5.60 Å². The number of hydrogen-bond donors (Lipinski definition) is 0. The highest BCUT2D eigenvalue weighted by molar-refractivity contribution is 6.30. The molecule has 7 heteroatoms. The topological polar surface area (TPSA) is 64.5 Å². The molecule has 116 valence electrons. The minimum Gasteiger partial charge on any atom is -0.458 e. The smallest absolute Gasteiger partial charge is 0.410 e. The molecule has 1 saturated heterocycles. The molecule has 1 aliphatic heterocycles. The molecular weight excluding hydrogens is 294 g/mol. The number of nitrogens with zero attached hydrogens (tertiary/aromatic N) is 3. The molecule has 1 aromatic heterocycles. The molecule has 1 atom stereocenters. The van der Waals surface area contributed by atoms with E-state index in [2.05, 4.69) is 9.97 Å². The lowest BCUT2D eigenvalue weighted by Gasteiger charge is -2.24. The fourth-order valence-corrected chi connectivity index (χ4v) is 2.05. The van der Waals surface area contributed by atoms with Crippen LogP contribution in [0.1, 0.15) is 32.8 Å². The second kappa shape index (κ2) is 6.05. The van der Waals surface area contributed by atoms with E-state index in [9.17, 15) is 4.79 Å². The summed E-state index contributed by atoms with van der Waals surface area (Å²) in [5.74, 6) is 0. The summed E-state index contributed by atoms with van der Waals surface area (Å²) in [5, 5.41) is 0.377. The third-order valence-corrected chi connectivity index (χ3v) is 3.34. The first-order chi connectivity index (χ1) is 9.74. The highest BCUT2D eigenvalue weighted by Crippen LogP contribution is 2.20. The molecule has 0 N–H and O–H groups in total. The Kier molecular flexibility index (Phi) is 4.56. The Morgan fingerprint density at radius 1 is 1.48 bits per heavy atom. The lowest BCUT2D eigenvalue weighted by molar-refractivity contribution is 0.0274. The van der Waals surface area contributed by atoms with E-state index in [0.717, 1.165) is 5.56 Å². The molecule has 6 nitrogen and oxygen atoms in total. The molecule has 0 unspecified atom stereocenters. The van der Waals surface area contributed by atoms with E-state index in [1.165, 1.54) is 0 Å². The Morgan fingerprint density at radius 2 is 2.19 bits per heavy atom. The van der Waals surface area contributed by atoms with Crippen LogP contribution in [0.15, 0.2) is 6.20 Å². The summed E-state index contributed by atoms with van der Waals surface area (Å²) in [4.78, 5) is 21.7. The molecule has 0 bridgehead atoms. The highest BCUT2D eigenvalue weighted by atomic mass is 35.5. The molecule has 0 spiro atoms. The lowest BCUT2D eigenvalue weighted by atomic mass is 10.2. The Hall–Kier alpha value is -1.56. The van der Waals surface area contributed by atoms with Crippen molar-refractivity contribution in [2.24, 2.45) is 0 Å². The number of halogens is 1. The Bertz CT molecular complexity index is 531. The van der Waals surface area contributed by atoms with E-state index in [1.54, 1.807) is 11.1 Å². The predicted octanol–water partition coefficient (Wildman–Crippen LogP) is 2.83. The maximum Gasteiger partial charge on any atom is 0.410 e. The molecule has 2 heterocycles. The van der Waals surface area contributed by atoms with Crippen molar-refractivity contribution in [2.45, 2.75) is 45.8 Å². The molecule has 0 aromatic carbocycles. The van der Waals surface area contributed by atoms with Crippen molar-refractivity contribution < 1.29 is 14.3 Å². The van der Waals surface area contributed by atoms with Gasteiger partial charge in [-0.15, -0.1) is 0 Å². The average molecular weight is 314 g/mol. The first kappa shape index (κ1) is 15.8. The van der Waals surface area contributed by atoms with Crippen LogP contribution >= 0.6 is 11.6 Å². The van der Waals surface area contributed by atoms with Gasteiger partial charge in [-0.05, 0) is 27.7 Å². The molecule has 0 radical (unpaired) electrons. The van der Waals surface area contributed by atoms with Crippen molar-refractivity contribution in [1.82, 2.24) is 14.9 Å². The summed E-state index contributed by atoms with van der Waals surface area (Å²) in [6, 6.07) is 0.238. The van der Waals surface area contributed by atoms with E-state index in [1.807, 2.05) is 27.7 Å². The number of carbonyl (C=O) groups is 1. The molecule has 1 fully saturated rings. The maximum atomic E-state index is 12.0. The Balaban J connectivity index is 1.90. The zero-order valence-electron chi connectivity index (χ0n) is 12.7. The van der Waals surface area contributed by atoms with E-state index in [-0.39, 0.29) is 18.2 Å². The van der Waals surface area contributed by atoms with Gasteiger partial charge in [-0.2, -0.15) is 4.98 Å². The van der Waals surface area contributed by atoms with Gasteiger partial charge >= 0.3 is 12.1 Å². The number of carbonyl (C=O) groups excluding carboxylic acids is 1. The number of ether oxygens (including phenoxy) is 2. The summed E-state index contributed by atoms with van der Waals surface area (Å²) in [7, 11) is 0. The number of rotatable bonds is 2. The van der Waals surface area contributed by atoms with Crippen LogP contribution in [0.25, 0.3) is 0 Å². The second-order valence-corrected chi connectivity index (χ2v) is 6.44. The third-order valence-electron chi connectivity index (χ3n) is 2.96. The minimum absolute atomic E-state index is 0.142. The first-order valence-electron chi connectivity index (χ1n) is 6.88. The van der Waals surface area contributed by atoms with Crippen molar-refractivity contribution in [1.29, 1.82) is 0 Å². The molecule has 0 saturated carbocycles. The van der Waals surface area contributed by atoms with Crippen LogP contribution in [0.5, 0.6) is 6.01 Å². The average Bonchev–Trinajstić information content (AvgIpc) is 2.80. The summed E-state index contributed by atoms with van der Waals surface area (Å²) >= 11 is 5.94. The molecule has 1 amide bonds. The van der Waals surface area contributed by atoms with Gasteiger partial charge in [0.05, 0.1) is 6.54 Å². The number of amides is 1. The van der Waals surface area contributed by atoms with Crippen molar-refractivity contribution in [2.75, 3.05) is 13.1 Å². The van der Waals surface area contributed by atoms with Crippen LogP contribution in [0.2, 0.25) is 5.15 Å². The minimum atomic E-state index is -0.496. The molecule has 0 aliphatic carbocycles. The van der Waals surface area contributed by atoms with Crippen LogP contribution in [0.4, 0.5) is 4.79 Å². The fourth-order valence-electron chi connectivity index (χ4n) is 1.93. The molecule has 21 heavy (non-hydrogen) atoms. The Labute approximate surface area is 129 Å². The van der Waals surface area contributed by atoms with Crippen molar-refractivity contribution >= 4 is 17.7 Å². The van der Waals surface area contributed by atoms with Gasteiger partial charge in [0.2, 0.25) is 0 Å². The second-order valence-electron chi connectivity index (χ2n) is 6.08. The standard InChI is InChI=1S/C14H20ClN3O3/c1-9-7-16-12(17-11(9)15)20-10-5-6-18(8-10)13(19)21-14(2,3)4/h7,10H,5-6,8H2,1-4H3/t10-/m0/s1. The van der Waals surface area contributed by atoms with Gasteiger partial charge < -0.3 is 14.4 Å². The van der Waals surface area contributed by atoms with Gasteiger partial charge in [0.15, 0.2) is 0 Å². The lowest BCUT2D eigenvalue weighted by Crippen LogP contribution is -2.36. The van der Waals surface area contributed by atoms with E-state index in [4.69, 9.17) is 21.1 Å². The largest absolute Gasteiger partial charge is 0.458 e. The van der Waals surface area contributed by atoms with Crippen molar-refractivity contribution in [3.63, 3.8) is 0 Å². The molecule has 1 aromatic rings. The molecule has 1 aliphatic rings. The summed E-state index contributed by atoms with van der Waals surface area (Å²) in [5.41, 5.74) is 0.301. The van der Waals surface area contributed by atoms with E-state index in [0.29, 0.717) is 24.7 Å². The quantitative estimate of drug-likeness (QED) is 0.786. The summed E-state index contributed by atoms with van der Waals surface area (Å²) < 4.78 is 11.0. The normalized spacial score (nSPS) is 18.7. The SMILES string of the molecule is Cc1cnc(O[C@H]2CCN(C(=O)OC(C)(C)C)C2)nc1Cl. The number of hydrogen-bond acceptors (Lipinski definition) is 5. The first-order valence-corrected chi connectivity index (χ1v) is 7.26. The van der Waals surface area contributed by atoms with E-state index >= 15 is 0 Å². The number of aryl methyl sites for hydroxylation is 1. The number of likely N-dealkylation sites (tertiary alicyclic amines) is 1. The van der Waals surface area contributed by atoms with Crippen LogP contribution < -0.4 is 4.74 Å². The van der Waals surface area contributed by atoms with Crippen LogP contribution in [0, 0.1) is 6.92 Å². The number of aromatic nitrogens is 2. The van der Waals surface area contributed by atoms with Gasteiger partial charge in [-0.25, -0.2) is 9.78 Å². The highest BCUT2D eigenvalue weighted by Gasteiger charge is 2.31. The third kappa shape index (κ3) is 4.46. The van der Waals surface area contributed by atoms with Gasteiger partial charge in [0, 0.05) is 24.7 Å². The van der Waals surface area contributed by atoms with Crippen LogP contribution in [-0.4, -0.2) is 45.8 Å². The molecular formula is C14H20ClN3O3. The fraction of sp³-hybridized carbons (Fsp3) is 0.643. The van der Waals surface area contributed by atoms with Crippen molar-refractivity contribution in [3.8, 4) is 6.01 Å². The van der Waals surface area contributed by atoms with Gasteiger partial charge in [0.1, 0.15) is 16.9 Å². The zero-order valence-corrected chi connectivity index (χ0v) is 13.5. The monoisotopic (exact) mass is 313 g/mol. The predicted molar refractivity (Wildman–Crippen MR) is 78.6 cm³/mol. The summed E-state index contributed by atoms with van der Waals surface area (Å²) in [6.07, 6.45) is 1.87. The van der Waals surface area contributed by atoms with Crippen molar-refractivity contribution in [3.05, 3.63) is 16.9 Å². The molecule has 2 rings (SSSR count). The van der Waals surface area contributed by atoms with Crippen LogP contribution in [-0.2, 0) is 4.74 Å². The van der Waals surface area contributed by atoms with Gasteiger partial charge in [-0.1, -0.05) is 11.6 Å². The summed E-state index contributed by atoms with van der Waals surface area (Å²) in [6.45, 7) is 8.42. The van der Waals surface area contributed by atoms with Crippen LogP contribution in [0.3, 0.4) is 0 Å². The van der Waals surface area contributed by atoms with Gasteiger partial charge in [0.25, 0.3) is 0 Å². The Morgan fingerprint density at radius 3 is 2.81 bits per heavy atom.